The van der Waals surface area contributed by atoms with Crippen LogP contribution in [0, 0.1) is 6.92 Å². The first-order valence-corrected chi connectivity index (χ1v) is 10.4. The first-order valence-electron chi connectivity index (χ1n) is 10.4. The molecule has 2 heterocycles. The third-order valence-corrected chi connectivity index (χ3v) is 5.04. The van der Waals surface area contributed by atoms with Crippen LogP contribution in [0.25, 0.3) is 17.5 Å². The highest BCUT2D eigenvalue weighted by molar-refractivity contribution is 5.55. The number of alkyl halides is 3. The zero-order valence-corrected chi connectivity index (χ0v) is 18.7. The molecule has 35 heavy (non-hydrogen) atoms. The van der Waals surface area contributed by atoms with E-state index in [1.165, 1.54) is 12.1 Å². The van der Waals surface area contributed by atoms with Crippen molar-refractivity contribution in [2.45, 2.75) is 33.2 Å². The summed E-state index contributed by atoms with van der Waals surface area (Å²) in [6.45, 7) is 3.74. The van der Waals surface area contributed by atoms with Gasteiger partial charge in [0.25, 0.3) is 0 Å². The number of aromatic nitrogens is 3. The summed E-state index contributed by atoms with van der Waals surface area (Å²) in [6, 6.07) is 11.7. The summed E-state index contributed by atoms with van der Waals surface area (Å²) in [7, 11) is 0. The molecular formula is C24H20F3N3O5. The predicted molar refractivity (Wildman–Crippen MR) is 120 cm³/mol. The van der Waals surface area contributed by atoms with E-state index in [1.54, 1.807) is 26.0 Å². The molecule has 0 atom stereocenters. The highest BCUT2D eigenvalue weighted by Crippen LogP contribution is 2.31. The molecule has 8 nitrogen and oxygen atoms in total. The Kier molecular flexibility index (Phi) is 6.50. The number of benzene rings is 2. The van der Waals surface area contributed by atoms with Gasteiger partial charge in [0.15, 0.2) is 0 Å². The lowest BCUT2D eigenvalue weighted by Crippen LogP contribution is -2.17. The number of allylic oxidation sites excluding steroid dienone is 1. The molecule has 0 saturated heterocycles. The third kappa shape index (κ3) is 5.81. The number of H-pyrrole nitrogens is 1. The Labute approximate surface area is 196 Å². The molecule has 0 aliphatic heterocycles. The Balaban J connectivity index is 1.38. The molecule has 0 radical (unpaired) electrons. The predicted octanol–water partition coefficient (Wildman–Crippen LogP) is 4.79. The minimum atomic E-state index is -4.41. The smallest absolute Gasteiger partial charge is 0.440 e. The van der Waals surface area contributed by atoms with Crippen LogP contribution in [-0.2, 0) is 19.3 Å². The molecule has 0 amide bonds. The van der Waals surface area contributed by atoms with E-state index in [-0.39, 0.29) is 19.0 Å². The summed E-state index contributed by atoms with van der Waals surface area (Å²) in [6.07, 6.45) is -2.57. The number of nitrogens with one attached hydrogen (secondary N) is 1. The molecule has 0 spiro atoms. The van der Waals surface area contributed by atoms with Gasteiger partial charge in [-0.15, -0.1) is 4.74 Å². The summed E-state index contributed by atoms with van der Waals surface area (Å²) in [5, 5.41) is 0. The van der Waals surface area contributed by atoms with E-state index >= 15 is 0 Å². The fourth-order valence-electron chi connectivity index (χ4n) is 3.27. The van der Waals surface area contributed by atoms with Gasteiger partial charge in [-0.2, -0.15) is 13.2 Å². The number of hydrogen-bond acceptors (Lipinski definition) is 6. The van der Waals surface area contributed by atoms with E-state index in [2.05, 4.69) is 4.98 Å². The van der Waals surface area contributed by atoms with Crippen LogP contribution in [0.2, 0.25) is 0 Å². The molecule has 1 N–H and O–H groups in total. The minimum absolute atomic E-state index is 0.111. The van der Waals surface area contributed by atoms with Crippen LogP contribution in [0.1, 0.15) is 29.5 Å². The maximum atomic E-state index is 12.8. The number of aryl methyl sites for hydroxylation is 1. The highest BCUT2D eigenvalue weighted by atomic mass is 19.4. The van der Waals surface area contributed by atoms with Crippen molar-refractivity contribution in [3.63, 3.8) is 0 Å². The van der Waals surface area contributed by atoms with Crippen molar-refractivity contribution in [2.24, 2.45) is 0 Å². The number of rotatable bonds is 7. The van der Waals surface area contributed by atoms with Crippen LogP contribution >= 0.6 is 0 Å². The zero-order chi connectivity index (χ0) is 25.2. The molecule has 0 aliphatic rings. The van der Waals surface area contributed by atoms with Gasteiger partial charge in [-0.05, 0) is 61.4 Å². The second-order valence-corrected chi connectivity index (χ2v) is 7.79. The van der Waals surface area contributed by atoms with E-state index in [4.69, 9.17) is 13.7 Å². The fourth-order valence-corrected chi connectivity index (χ4v) is 3.27. The molecule has 0 fully saturated rings. The van der Waals surface area contributed by atoms with Crippen LogP contribution in [0.4, 0.5) is 13.2 Å². The number of nitrogens with zero attached hydrogens (tertiary/aromatic N) is 2. The van der Waals surface area contributed by atoms with Gasteiger partial charge in [0.1, 0.15) is 23.8 Å². The fraction of sp³-hybridized carbons (Fsp3) is 0.208. The molecular weight excluding hydrogens is 467 g/mol. The average Bonchev–Trinajstić information content (AvgIpc) is 3.33. The molecule has 4 aromatic rings. The Hall–Kier alpha value is -4.28. The summed E-state index contributed by atoms with van der Waals surface area (Å²) < 4.78 is 55.3. The van der Waals surface area contributed by atoms with Crippen LogP contribution in [0.5, 0.6) is 5.75 Å². The maximum absolute atomic E-state index is 12.8. The Morgan fingerprint density at radius 3 is 2.40 bits per heavy atom. The van der Waals surface area contributed by atoms with Gasteiger partial charge in [0.2, 0.25) is 5.89 Å². The Morgan fingerprint density at radius 2 is 1.80 bits per heavy atom. The number of halogens is 3. The van der Waals surface area contributed by atoms with Crippen LogP contribution in [0.3, 0.4) is 0 Å². The monoisotopic (exact) mass is 487 g/mol. The quantitative estimate of drug-likeness (QED) is 0.402. The van der Waals surface area contributed by atoms with Crippen molar-refractivity contribution in [2.75, 3.05) is 0 Å². The maximum Gasteiger partial charge on any atom is 0.440 e. The first kappa shape index (κ1) is 23.9. The first-order chi connectivity index (χ1) is 16.6. The van der Waals surface area contributed by atoms with Gasteiger partial charge in [0.05, 0.1) is 12.1 Å². The van der Waals surface area contributed by atoms with E-state index in [9.17, 15) is 22.8 Å². The molecule has 0 unspecified atom stereocenters. The van der Waals surface area contributed by atoms with Crippen LogP contribution in [-0.4, -0.2) is 14.7 Å². The minimum Gasteiger partial charge on any atom is -0.487 e. The van der Waals surface area contributed by atoms with Crippen molar-refractivity contribution in [1.29, 1.82) is 0 Å². The molecule has 4 rings (SSSR count). The molecule has 11 heteroatoms. The zero-order valence-electron chi connectivity index (χ0n) is 18.7. The van der Waals surface area contributed by atoms with E-state index in [0.717, 1.165) is 28.0 Å². The summed E-state index contributed by atoms with van der Waals surface area (Å²) >= 11 is 0. The van der Waals surface area contributed by atoms with Gasteiger partial charge < -0.3 is 13.7 Å². The van der Waals surface area contributed by atoms with Crippen molar-refractivity contribution in [3.05, 3.63) is 97.7 Å². The van der Waals surface area contributed by atoms with E-state index < -0.39 is 23.2 Å². The van der Waals surface area contributed by atoms with Crippen LogP contribution < -0.4 is 16.2 Å². The lowest BCUT2D eigenvalue weighted by atomic mass is 10.1. The lowest BCUT2D eigenvalue weighted by Gasteiger charge is -2.06. The van der Waals surface area contributed by atoms with Gasteiger partial charge in [0, 0.05) is 5.56 Å². The molecule has 2 aromatic heterocycles. The molecule has 0 bridgehead atoms. The molecule has 2 aromatic carbocycles. The number of hydrogen-bond donors (Lipinski definition) is 1. The summed E-state index contributed by atoms with van der Waals surface area (Å²) in [4.78, 5) is 29.0. The Bertz CT molecular complexity index is 1460. The van der Waals surface area contributed by atoms with Gasteiger partial charge in [-0.3, -0.25) is 0 Å². The van der Waals surface area contributed by atoms with Crippen molar-refractivity contribution in [3.8, 4) is 17.2 Å². The molecule has 0 aliphatic carbocycles. The molecule has 182 valence electrons. The topological polar surface area (TPSA) is 103 Å². The molecule has 0 saturated carbocycles. The SMILES string of the molecule is CC(=Cc1ccc(OCc2nc(-c3ccc(C(F)(F)F)cc3)oc2C)cc1)Cn1oc(=O)[nH]c1=O. The standard InChI is InChI=1S/C24H20F3N3O5/c1-14(12-30-22(31)29-23(32)35-30)11-16-3-9-19(10-4-16)33-13-20-15(2)34-21(28-20)17-5-7-18(8-6-17)24(25,26)27/h3-11H,12-13H2,1-2H3,(H,29,31,32). The largest absolute Gasteiger partial charge is 0.487 e. The number of oxazole rings is 1. The second kappa shape index (κ2) is 9.53. The van der Waals surface area contributed by atoms with E-state index in [0.29, 0.717) is 22.8 Å². The van der Waals surface area contributed by atoms with Crippen molar-refractivity contribution < 1.29 is 26.8 Å². The third-order valence-electron chi connectivity index (χ3n) is 5.04. The Morgan fingerprint density at radius 1 is 1.11 bits per heavy atom. The average molecular weight is 487 g/mol. The highest BCUT2D eigenvalue weighted by Gasteiger charge is 2.30. The summed E-state index contributed by atoms with van der Waals surface area (Å²) in [5.41, 5.74) is 1.24. The van der Waals surface area contributed by atoms with Crippen molar-refractivity contribution >= 4 is 6.08 Å². The van der Waals surface area contributed by atoms with E-state index in [1.807, 2.05) is 23.2 Å². The van der Waals surface area contributed by atoms with Crippen LogP contribution in [0.15, 0.2) is 72.6 Å². The van der Waals surface area contributed by atoms with Gasteiger partial charge >= 0.3 is 17.6 Å². The number of aromatic amines is 1. The summed E-state index contributed by atoms with van der Waals surface area (Å²) in [5.74, 6) is 0.481. The second-order valence-electron chi connectivity index (χ2n) is 7.79. The normalized spacial score (nSPS) is 12.2. The lowest BCUT2D eigenvalue weighted by molar-refractivity contribution is -0.137. The van der Waals surface area contributed by atoms with Gasteiger partial charge in [-0.1, -0.05) is 18.2 Å². The van der Waals surface area contributed by atoms with Crippen molar-refractivity contribution in [1.82, 2.24) is 14.7 Å². The number of ether oxygens (including phenoxy) is 1. The van der Waals surface area contributed by atoms with Gasteiger partial charge in [-0.25, -0.2) is 19.6 Å².